The normalized spacial score (nSPS) is 12.6. The summed E-state index contributed by atoms with van der Waals surface area (Å²) in [6, 6.07) is 12.9. The van der Waals surface area contributed by atoms with Gasteiger partial charge in [-0.15, -0.1) is 23.1 Å². The molecule has 0 saturated heterocycles. The maximum absolute atomic E-state index is 6.05. The molecule has 0 radical (unpaired) electrons. The SMILES string of the molecule is CCCNC(CSc1cccc(Br)c1)c1ccc(Cl)s1. The molecule has 2 rings (SSSR count). The van der Waals surface area contributed by atoms with Crippen LogP contribution in [0.15, 0.2) is 45.8 Å². The summed E-state index contributed by atoms with van der Waals surface area (Å²) in [7, 11) is 0. The van der Waals surface area contributed by atoms with E-state index in [9.17, 15) is 0 Å². The highest BCUT2D eigenvalue weighted by molar-refractivity contribution is 9.10. The molecule has 1 aromatic carbocycles. The van der Waals surface area contributed by atoms with Crippen molar-refractivity contribution in [2.75, 3.05) is 12.3 Å². The van der Waals surface area contributed by atoms with E-state index in [-0.39, 0.29) is 0 Å². The van der Waals surface area contributed by atoms with Crippen molar-refractivity contribution in [3.8, 4) is 0 Å². The number of thiophene rings is 1. The number of nitrogens with one attached hydrogen (secondary N) is 1. The number of rotatable bonds is 7. The van der Waals surface area contributed by atoms with Gasteiger partial charge < -0.3 is 5.32 Å². The summed E-state index contributed by atoms with van der Waals surface area (Å²) in [5, 5.41) is 3.60. The summed E-state index contributed by atoms with van der Waals surface area (Å²) in [6.45, 7) is 3.21. The van der Waals surface area contributed by atoms with Gasteiger partial charge in [-0.25, -0.2) is 0 Å². The van der Waals surface area contributed by atoms with E-state index in [4.69, 9.17) is 11.6 Å². The Labute approximate surface area is 142 Å². The highest BCUT2D eigenvalue weighted by atomic mass is 79.9. The standard InChI is InChI=1S/C15H17BrClNS2/c1-2-8-18-13(14-6-7-15(17)20-14)10-19-12-5-3-4-11(16)9-12/h3-7,9,13,18H,2,8,10H2,1H3. The monoisotopic (exact) mass is 389 g/mol. The Bertz CT molecular complexity index is 544. The van der Waals surface area contributed by atoms with E-state index in [1.807, 2.05) is 17.8 Å². The Hall–Kier alpha value is -0.0000000000000000278. The zero-order valence-electron chi connectivity index (χ0n) is 11.2. The first-order valence-corrected chi connectivity index (χ1v) is 9.53. The predicted molar refractivity (Wildman–Crippen MR) is 95.2 cm³/mol. The van der Waals surface area contributed by atoms with Crippen LogP contribution in [0.1, 0.15) is 24.3 Å². The molecule has 0 aliphatic rings. The fourth-order valence-corrected chi connectivity index (χ4v) is 4.65. The van der Waals surface area contributed by atoms with Crippen LogP contribution in [0, 0.1) is 0 Å². The van der Waals surface area contributed by atoms with Crippen molar-refractivity contribution in [3.05, 3.63) is 50.1 Å². The average molecular weight is 391 g/mol. The molecule has 1 aromatic heterocycles. The van der Waals surface area contributed by atoms with Gasteiger partial charge in [0.2, 0.25) is 0 Å². The number of halogens is 2. The second kappa shape index (κ2) is 8.44. The Morgan fingerprint density at radius 1 is 1.35 bits per heavy atom. The van der Waals surface area contributed by atoms with E-state index < -0.39 is 0 Å². The van der Waals surface area contributed by atoms with Crippen LogP contribution in [0.3, 0.4) is 0 Å². The van der Waals surface area contributed by atoms with Crippen molar-refractivity contribution in [2.24, 2.45) is 0 Å². The van der Waals surface area contributed by atoms with Gasteiger partial charge in [-0.2, -0.15) is 0 Å². The van der Waals surface area contributed by atoms with Gasteiger partial charge in [-0.1, -0.05) is 40.5 Å². The summed E-state index contributed by atoms with van der Waals surface area (Å²) < 4.78 is 1.98. The summed E-state index contributed by atoms with van der Waals surface area (Å²) in [4.78, 5) is 2.59. The molecule has 0 bridgehead atoms. The predicted octanol–water partition coefficient (Wildman–Crippen LogP) is 6.00. The van der Waals surface area contributed by atoms with Crippen LogP contribution >= 0.6 is 50.6 Å². The van der Waals surface area contributed by atoms with Gasteiger partial charge in [0, 0.05) is 20.0 Å². The third-order valence-corrected chi connectivity index (χ3v) is 5.72. The molecule has 108 valence electrons. The van der Waals surface area contributed by atoms with E-state index in [2.05, 4.69) is 58.5 Å². The Morgan fingerprint density at radius 2 is 2.20 bits per heavy atom. The lowest BCUT2D eigenvalue weighted by Crippen LogP contribution is -2.23. The number of hydrogen-bond acceptors (Lipinski definition) is 3. The zero-order chi connectivity index (χ0) is 14.4. The number of hydrogen-bond donors (Lipinski definition) is 1. The topological polar surface area (TPSA) is 12.0 Å². The van der Waals surface area contributed by atoms with Crippen molar-refractivity contribution < 1.29 is 0 Å². The van der Waals surface area contributed by atoms with Crippen molar-refractivity contribution >= 4 is 50.6 Å². The molecule has 0 spiro atoms. The van der Waals surface area contributed by atoms with Crippen LogP contribution in [-0.2, 0) is 0 Å². The van der Waals surface area contributed by atoms with Gasteiger partial charge in [0.1, 0.15) is 0 Å². The number of thioether (sulfide) groups is 1. The fourth-order valence-electron chi connectivity index (χ4n) is 1.81. The molecule has 20 heavy (non-hydrogen) atoms. The lowest BCUT2D eigenvalue weighted by Gasteiger charge is -2.16. The van der Waals surface area contributed by atoms with Crippen molar-refractivity contribution in [1.82, 2.24) is 5.32 Å². The van der Waals surface area contributed by atoms with Gasteiger partial charge in [0.25, 0.3) is 0 Å². The minimum Gasteiger partial charge on any atom is -0.309 e. The van der Waals surface area contributed by atoms with Crippen molar-refractivity contribution in [3.63, 3.8) is 0 Å². The molecule has 2 aromatic rings. The first kappa shape index (κ1) is 16.4. The lowest BCUT2D eigenvalue weighted by atomic mass is 10.2. The summed E-state index contributed by atoms with van der Waals surface area (Å²) >= 11 is 13.1. The van der Waals surface area contributed by atoms with E-state index in [1.54, 1.807) is 11.3 Å². The smallest absolute Gasteiger partial charge is 0.0931 e. The van der Waals surface area contributed by atoms with E-state index in [0.29, 0.717) is 6.04 Å². The molecule has 1 heterocycles. The second-order valence-electron chi connectivity index (χ2n) is 4.42. The van der Waals surface area contributed by atoms with Gasteiger partial charge >= 0.3 is 0 Å². The molecule has 1 nitrogen and oxygen atoms in total. The highest BCUT2D eigenvalue weighted by Crippen LogP contribution is 2.31. The lowest BCUT2D eigenvalue weighted by molar-refractivity contribution is 0.585. The Morgan fingerprint density at radius 3 is 2.85 bits per heavy atom. The molecule has 0 saturated carbocycles. The van der Waals surface area contributed by atoms with Crippen LogP contribution < -0.4 is 5.32 Å². The maximum atomic E-state index is 6.05. The van der Waals surface area contributed by atoms with Gasteiger partial charge in [-0.3, -0.25) is 0 Å². The summed E-state index contributed by atoms with van der Waals surface area (Å²) in [6.07, 6.45) is 1.14. The van der Waals surface area contributed by atoms with Crippen LogP contribution in [0.2, 0.25) is 4.34 Å². The molecular formula is C15H17BrClNS2. The largest absolute Gasteiger partial charge is 0.309 e. The third-order valence-electron chi connectivity index (χ3n) is 2.79. The summed E-state index contributed by atoms with van der Waals surface area (Å²) in [5.74, 6) is 1.01. The van der Waals surface area contributed by atoms with Crippen LogP contribution in [0.5, 0.6) is 0 Å². The fraction of sp³-hybridized carbons (Fsp3) is 0.333. The molecule has 1 unspecified atom stereocenters. The van der Waals surface area contributed by atoms with Gasteiger partial charge in [-0.05, 0) is 43.3 Å². The Balaban J connectivity index is 2.00. The molecule has 0 amide bonds. The van der Waals surface area contributed by atoms with Crippen molar-refractivity contribution in [1.29, 1.82) is 0 Å². The summed E-state index contributed by atoms with van der Waals surface area (Å²) in [5.41, 5.74) is 0. The van der Waals surface area contributed by atoms with Crippen LogP contribution in [-0.4, -0.2) is 12.3 Å². The van der Waals surface area contributed by atoms with E-state index in [1.165, 1.54) is 9.77 Å². The van der Waals surface area contributed by atoms with Crippen LogP contribution in [0.25, 0.3) is 0 Å². The third kappa shape index (κ3) is 5.08. The second-order valence-corrected chi connectivity index (χ2v) is 8.17. The molecule has 1 atom stereocenters. The van der Waals surface area contributed by atoms with Gasteiger partial charge in [0.05, 0.1) is 10.4 Å². The van der Waals surface area contributed by atoms with E-state index in [0.717, 1.165) is 27.5 Å². The van der Waals surface area contributed by atoms with E-state index >= 15 is 0 Å². The highest BCUT2D eigenvalue weighted by Gasteiger charge is 2.13. The minimum atomic E-state index is 0.358. The molecular weight excluding hydrogens is 374 g/mol. The average Bonchev–Trinajstić information content (AvgIpc) is 2.85. The zero-order valence-corrected chi connectivity index (χ0v) is 15.2. The molecule has 5 heteroatoms. The van der Waals surface area contributed by atoms with Crippen molar-refractivity contribution in [2.45, 2.75) is 24.3 Å². The number of benzene rings is 1. The molecule has 0 fully saturated rings. The van der Waals surface area contributed by atoms with Gasteiger partial charge in [0.15, 0.2) is 0 Å². The molecule has 1 N–H and O–H groups in total. The Kier molecular flexibility index (Phi) is 6.91. The minimum absolute atomic E-state index is 0.358. The quantitative estimate of drug-likeness (QED) is 0.582. The first-order valence-electron chi connectivity index (χ1n) is 6.56. The van der Waals surface area contributed by atoms with Crippen LogP contribution in [0.4, 0.5) is 0 Å². The molecule has 0 aliphatic carbocycles. The maximum Gasteiger partial charge on any atom is 0.0931 e. The first-order chi connectivity index (χ1) is 9.69. The molecule has 0 aliphatic heterocycles.